The van der Waals surface area contributed by atoms with Crippen molar-refractivity contribution in [3.05, 3.63) is 58.6 Å². The van der Waals surface area contributed by atoms with Crippen molar-refractivity contribution in [3.8, 4) is 5.75 Å². The lowest BCUT2D eigenvalue weighted by molar-refractivity contribution is 0.305. The zero-order chi connectivity index (χ0) is 14.5. The molecule has 0 aliphatic rings. The summed E-state index contributed by atoms with van der Waals surface area (Å²) in [5.74, 6) is 0.193. The molecule has 2 rings (SSSR count). The van der Waals surface area contributed by atoms with Crippen LogP contribution in [0.25, 0.3) is 0 Å². The Morgan fingerprint density at radius 3 is 2.80 bits per heavy atom. The molecule has 1 atom stereocenters. The second-order valence-corrected chi connectivity index (χ2v) is 4.91. The summed E-state index contributed by atoms with van der Waals surface area (Å²) in [5.41, 5.74) is 1.74. The van der Waals surface area contributed by atoms with Crippen LogP contribution in [0.3, 0.4) is 0 Å². The number of ether oxygens (including phenoxy) is 1. The Balaban J connectivity index is 2.07. The summed E-state index contributed by atoms with van der Waals surface area (Å²) in [5, 5.41) is 3.68. The number of aromatic nitrogens is 1. The normalized spacial score (nSPS) is 12.2. The van der Waals surface area contributed by atoms with Gasteiger partial charge in [-0.05, 0) is 37.7 Å². The quantitative estimate of drug-likeness (QED) is 0.912. The molecule has 1 N–H and O–H groups in total. The summed E-state index contributed by atoms with van der Waals surface area (Å²) in [6.07, 6.45) is 2.72. The molecule has 1 aromatic heterocycles. The van der Waals surface area contributed by atoms with E-state index in [4.69, 9.17) is 16.3 Å². The minimum Gasteiger partial charge on any atom is -0.487 e. The van der Waals surface area contributed by atoms with E-state index >= 15 is 0 Å². The molecule has 20 heavy (non-hydrogen) atoms. The fourth-order valence-electron chi connectivity index (χ4n) is 1.77. The van der Waals surface area contributed by atoms with Gasteiger partial charge in [0, 0.05) is 17.8 Å². The zero-order valence-corrected chi connectivity index (χ0v) is 12.1. The average Bonchev–Trinajstić information content (AvgIpc) is 2.45. The Morgan fingerprint density at radius 1 is 1.35 bits per heavy atom. The van der Waals surface area contributed by atoms with Crippen LogP contribution in [0.4, 0.5) is 4.39 Å². The van der Waals surface area contributed by atoms with E-state index in [2.05, 4.69) is 10.3 Å². The van der Waals surface area contributed by atoms with Gasteiger partial charge in [-0.3, -0.25) is 4.98 Å². The van der Waals surface area contributed by atoms with E-state index in [1.807, 2.05) is 32.2 Å². The third kappa shape index (κ3) is 3.68. The summed E-state index contributed by atoms with van der Waals surface area (Å²) in [7, 11) is 1.89. The number of rotatable bonds is 5. The molecular formula is C15H16ClFN2O. The maximum absolute atomic E-state index is 13.0. The van der Waals surface area contributed by atoms with Gasteiger partial charge in [0.15, 0.2) is 0 Å². The van der Waals surface area contributed by atoms with E-state index < -0.39 is 0 Å². The molecule has 1 unspecified atom stereocenters. The highest BCUT2D eigenvalue weighted by atomic mass is 35.5. The maximum atomic E-state index is 13.0. The third-order valence-electron chi connectivity index (χ3n) is 3.04. The number of nitrogens with zero attached hydrogens (tertiary/aromatic N) is 1. The number of benzene rings is 1. The van der Waals surface area contributed by atoms with E-state index in [1.165, 1.54) is 6.07 Å². The van der Waals surface area contributed by atoms with Crippen molar-refractivity contribution in [3.63, 3.8) is 0 Å². The molecule has 2 aromatic rings. The molecular weight excluding hydrogens is 279 g/mol. The summed E-state index contributed by atoms with van der Waals surface area (Å²) >= 11 is 6.19. The molecule has 0 aliphatic carbocycles. The van der Waals surface area contributed by atoms with Gasteiger partial charge >= 0.3 is 0 Å². The molecule has 0 amide bonds. The lowest BCUT2D eigenvalue weighted by Crippen LogP contribution is -2.12. The highest BCUT2D eigenvalue weighted by Gasteiger charge is 2.08. The molecule has 0 fully saturated rings. The highest BCUT2D eigenvalue weighted by molar-refractivity contribution is 6.32. The van der Waals surface area contributed by atoms with Crippen molar-refractivity contribution in [2.24, 2.45) is 0 Å². The van der Waals surface area contributed by atoms with Gasteiger partial charge in [-0.25, -0.2) is 4.39 Å². The molecule has 0 bridgehead atoms. The smallest absolute Gasteiger partial charge is 0.141 e. The lowest BCUT2D eigenvalue weighted by atomic mass is 10.1. The van der Waals surface area contributed by atoms with Crippen LogP contribution in [-0.2, 0) is 6.61 Å². The maximum Gasteiger partial charge on any atom is 0.141 e. The second kappa shape index (κ2) is 6.68. The van der Waals surface area contributed by atoms with Crippen LogP contribution in [-0.4, -0.2) is 12.0 Å². The number of hydrogen-bond donors (Lipinski definition) is 1. The van der Waals surface area contributed by atoms with Gasteiger partial charge in [-0.1, -0.05) is 17.7 Å². The predicted molar refractivity (Wildman–Crippen MR) is 77.5 cm³/mol. The third-order valence-corrected chi connectivity index (χ3v) is 3.34. The Kier molecular flexibility index (Phi) is 4.93. The van der Waals surface area contributed by atoms with Crippen LogP contribution < -0.4 is 10.1 Å². The van der Waals surface area contributed by atoms with Crippen LogP contribution >= 0.6 is 11.6 Å². The monoisotopic (exact) mass is 294 g/mol. The zero-order valence-electron chi connectivity index (χ0n) is 11.4. The summed E-state index contributed by atoms with van der Waals surface area (Å²) in [4.78, 5) is 3.77. The fourth-order valence-corrected chi connectivity index (χ4v) is 2.01. The minimum absolute atomic E-state index is 0.217. The van der Waals surface area contributed by atoms with Crippen LogP contribution in [0.1, 0.15) is 24.1 Å². The van der Waals surface area contributed by atoms with E-state index in [1.54, 1.807) is 6.20 Å². The second-order valence-electron chi connectivity index (χ2n) is 4.50. The van der Waals surface area contributed by atoms with E-state index in [0.29, 0.717) is 16.3 Å². The lowest BCUT2D eigenvalue weighted by Gasteiger charge is -2.13. The van der Waals surface area contributed by atoms with Crippen molar-refractivity contribution in [1.82, 2.24) is 10.3 Å². The van der Waals surface area contributed by atoms with Crippen LogP contribution in [0.15, 0.2) is 36.7 Å². The molecule has 0 saturated heterocycles. The Morgan fingerprint density at radius 2 is 2.15 bits per heavy atom. The highest BCUT2D eigenvalue weighted by Crippen LogP contribution is 2.28. The molecule has 1 aromatic carbocycles. The van der Waals surface area contributed by atoms with Crippen molar-refractivity contribution >= 4 is 11.6 Å². The molecule has 106 valence electrons. The van der Waals surface area contributed by atoms with Crippen molar-refractivity contribution in [1.29, 1.82) is 0 Å². The largest absolute Gasteiger partial charge is 0.487 e. The van der Waals surface area contributed by atoms with E-state index in [9.17, 15) is 4.39 Å². The molecule has 0 aliphatic heterocycles. The van der Waals surface area contributed by atoms with Crippen LogP contribution in [0.2, 0.25) is 5.02 Å². The van der Waals surface area contributed by atoms with Gasteiger partial charge in [0.25, 0.3) is 0 Å². The van der Waals surface area contributed by atoms with Crippen LogP contribution in [0, 0.1) is 5.82 Å². The molecule has 0 saturated carbocycles. The van der Waals surface area contributed by atoms with Gasteiger partial charge in [0.2, 0.25) is 0 Å². The SMILES string of the molecule is CNC(C)c1ccc(OCc2cncc(F)c2)c(Cl)c1. The molecule has 5 heteroatoms. The van der Waals surface area contributed by atoms with Crippen molar-refractivity contribution in [2.75, 3.05) is 7.05 Å². The average molecular weight is 295 g/mol. The topological polar surface area (TPSA) is 34.1 Å². The summed E-state index contributed by atoms with van der Waals surface area (Å²) < 4.78 is 18.6. The fraction of sp³-hybridized carbons (Fsp3) is 0.267. The molecule has 0 radical (unpaired) electrons. The predicted octanol–water partition coefficient (Wildman–Crippen LogP) is 3.73. The number of pyridine rings is 1. The van der Waals surface area contributed by atoms with Crippen molar-refractivity contribution in [2.45, 2.75) is 19.6 Å². The number of hydrogen-bond acceptors (Lipinski definition) is 3. The Hall–Kier alpha value is -1.65. The molecule has 0 spiro atoms. The van der Waals surface area contributed by atoms with E-state index in [0.717, 1.165) is 11.8 Å². The Labute approximate surface area is 122 Å². The van der Waals surface area contributed by atoms with Crippen LogP contribution in [0.5, 0.6) is 5.75 Å². The number of halogens is 2. The first-order chi connectivity index (χ1) is 9.60. The van der Waals surface area contributed by atoms with E-state index in [-0.39, 0.29) is 18.5 Å². The first-order valence-electron chi connectivity index (χ1n) is 6.29. The van der Waals surface area contributed by atoms with Gasteiger partial charge in [0.1, 0.15) is 18.2 Å². The van der Waals surface area contributed by atoms with Gasteiger partial charge < -0.3 is 10.1 Å². The summed E-state index contributed by atoms with van der Waals surface area (Å²) in [6, 6.07) is 7.24. The Bertz CT molecular complexity index is 592. The standard InChI is InChI=1S/C15H16ClFN2O/c1-10(18-2)12-3-4-15(14(16)6-12)20-9-11-5-13(17)8-19-7-11/h3-8,10,18H,9H2,1-2H3. The molecule has 3 nitrogen and oxygen atoms in total. The van der Waals surface area contributed by atoms with Gasteiger partial charge in [-0.2, -0.15) is 0 Å². The van der Waals surface area contributed by atoms with Gasteiger partial charge in [-0.15, -0.1) is 0 Å². The minimum atomic E-state index is -0.379. The number of nitrogens with one attached hydrogen (secondary N) is 1. The summed E-state index contributed by atoms with van der Waals surface area (Å²) in [6.45, 7) is 2.27. The first-order valence-corrected chi connectivity index (χ1v) is 6.67. The molecule has 1 heterocycles. The first kappa shape index (κ1) is 14.8. The van der Waals surface area contributed by atoms with Gasteiger partial charge in [0.05, 0.1) is 11.2 Å². The van der Waals surface area contributed by atoms with Crippen molar-refractivity contribution < 1.29 is 9.13 Å².